The molecule has 0 saturated carbocycles. The van der Waals surface area contributed by atoms with E-state index in [9.17, 15) is 4.79 Å². The fraction of sp³-hybridized carbons (Fsp3) is 0.923. The van der Waals surface area contributed by atoms with Crippen LogP contribution in [0.3, 0.4) is 0 Å². The third kappa shape index (κ3) is 6.33. The van der Waals surface area contributed by atoms with E-state index < -0.39 is 5.54 Å². The molecule has 18 heavy (non-hydrogen) atoms. The maximum Gasteiger partial charge on any atom is 0.325 e. The molecule has 0 amide bonds. The van der Waals surface area contributed by atoms with E-state index in [1.165, 1.54) is 7.11 Å². The Bertz CT molecular complexity index is 245. The average Bonchev–Trinajstić information content (AvgIpc) is 2.27. The molecule has 0 heterocycles. The molecule has 1 N–H and O–H groups in total. The number of ether oxygens (including phenoxy) is 3. The second kappa shape index (κ2) is 8.45. The number of carbonyl (C=O) groups is 1. The van der Waals surface area contributed by atoms with Crippen molar-refractivity contribution in [3.63, 3.8) is 0 Å². The monoisotopic (exact) mass is 261 g/mol. The van der Waals surface area contributed by atoms with Crippen LogP contribution in [0, 0.1) is 0 Å². The first kappa shape index (κ1) is 17.4. The van der Waals surface area contributed by atoms with Gasteiger partial charge in [-0.15, -0.1) is 0 Å². The molecule has 0 aromatic heterocycles. The standard InChI is InChI=1S/C13H27NO4/c1-10(2)14-13(4,12(15)17-6)7-8-18-11(3)9-16-5/h10-11,14H,7-9H2,1-6H3. The van der Waals surface area contributed by atoms with E-state index >= 15 is 0 Å². The van der Waals surface area contributed by atoms with Gasteiger partial charge in [0.2, 0.25) is 0 Å². The number of hydrogen-bond acceptors (Lipinski definition) is 5. The molecule has 0 spiro atoms. The highest BCUT2D eigenvalue weighted by Crippen LogP contribution is 2.14. The summed E-state index contributed by atoms with van der Waals surface area (Å²) >= 11 is 0. The Morgan fingerprint density at radius 1 is 1.28 bits per heavy atom. The summed E-state index contributed by atoms with van der Waals surface area (Å²) in [5.74, 6) is -0.265. The van der Waals surface area contributed by atoms with E-state index in [0.717, 1.165) is 0 Å². The number of carbonyl (C=O) groups excluding carboxylic acids is 1. The largest absolute Gasteiger partial charge is 0.468 e. The minimum Gasteiger partial charge on any atom is -0.468 e. The van der Waals surface area contributed by atoms with Crippen molar-refractivity contribution in [1.29, 1.82) is 0 Å². The fourth-order valence-electron chi connectivity index (χ4n) is 1.84. The number of esters is 1. The lowest BCUT2D eigenvalue weighted by atomic mass is 9.97. The molecule has 0 fully saturated rings. The Balaban J connectivity index is 4.29. The predicted octanol–water partition coefficient (Wildman–Crippen LogP) is 1.36. The van der Waals surface area contributed by atoms with Crippen LogP contribution in [-0.4, -0.2) is 51.1 Å². The van der Waals surface area contributed by atoms with Gasteiger partial charge < -0.3 is 14.2 Å². The first-order chi connectivity index (χ1) is 8.35. The van der Waals surface area contributed by atoms with Crippen molar-refractivity contribution in [1.82, 2.24) is 5.32 Å². The molecule has 0 radical (unpaired) electrons. The molecular weight excluding hydrogens is 234 g/mol. The van der Waals surface area contributed by atoms with Crippen molar-refractivity contribution >= 4 is 5.97 Å². The smallest absolute Gasteiger partial charge is 0.325 e. The number of methoxy groups -OCH3 is 2. The summed E-state index contributed by atoms with van der Waals surface area (Å²) in [6.45, 7) is 8.80. The zero-order valence-electron chi connectivity index (χ0n) is 12.4. The average molecular weight is 261 g/mol. The lowest BCUT2D eigenvalue weighted by Gasteiger charge is -2.30. The van der Waals surface area contributed by atoms with E-state index in [1.807, 2.05) is 27.7 Å². The summed E-state index contributed by atoms with van der Waals surface area (Å²) in [6.07, 6.45) is 0.585. The second-order valence-corrected chi connectivity index (χ2v) is 5.01. The van der Waals surface area contributed by atoms with Gasteiger partial charge in [0.05, 0.1) is 19.8 Å². The van der Waals surface area contributed by atoms with E-state index in [1.54, 1.807) is 7.11 Å². The number of hydrogen-bond donors (Lipinski definition) is 1. The minimum absolute atomic E-state index is 0.0240. The van der Waals surface area contributed by atoms with Gasteiger partial charge in [0.25, 0.3) is 0 Å². The van der Waals surface area contributed by atoms with Crippen LogP contribution in [-0.2, 0) is 19.0 Å². The maximum atomic E-state index is 11.8. The van der Waals surface area contributed by atoms with E-state index in [2.05, 4.69) is 5.32 Å². The van der Waals surface area contributed by atoms with Crippen LogP contribution in [0.5, 0.6) is 0 Å². The van der Waals surface area contributed by atoms with Crippen molar-refractivity contribution in [3.05, 3.63) is 0 Å². The highest BCUT2D eigenvalue weighted by Gasteiger charge is 2.34. The van der Waals surface area contributed by atoms with Gasteiger partial charge in [0.15, 0.2) is 0 Å². The van der Waals surface area contributed by atoms with Gasteiger partial charge in [-0.1, -0.05) is 0 Å². The Labute approximate surface area is 110 Å². The van der Waals surface area contributed by atoms with Gasteiger partial charge in [-0.25, -0.2) is 0 Å². The van der Waals surface area contributed by atoms with E-state index in [0.29, 0.717) is 19.6 Å². The summed E-state index contributed by atoms with van der Waals surface area (Å²) in [5, 5.41) is 3.23. The zero-order chi connectivity index (χ0) is 14.2. The Morgan fingerprint density at radius 2 is 1.89 bits per heavy atom. The van der Waals surface area contributed by atoms with E-state index in [-0.39, 0.29) is 18.1 Å². The maximum absolute atomic E-state index is 11.8. The van der Waals surface area contributed by atoms with Crippen LogP contribution in [0.15, 0.2) is 0 Å². The zero-order valence-corrected chi connectivity index (χ0v) is 12.4. The Morgan fingerprint density at radius 3 is 2.33 bits per heavy atom. The van der Waals surface area contributed by atoms with Gasteiger partial charge in [0.1, 0.15) is 5.54 Å². The van der Waals surface area contributed by atoms with Gasteiger partial charge in [0, 0.05) is 19.8 Å². The third-order valence-electron chi connectivity index (χ3n) is 2.65. The Kier molecular flexibility index (Phi) is 8.15. The topological polar surface area (TPSA) is 56.8 Å². The molecule has 5 nitrogen and oxygen atoms in total. The second-order valence-electron chi connectivity index (χ2n) is 5.01. The SMILES string of the molecule is COCC(C)OCCC(C)(NC(C)C)C(=O)OC. The molecule has 5 heteroatoms. The molecule has 2 unspecified atom stereocenters. The first-order valence-corrected chi connectivity index (χ1v) is 6.32. The highest BCUT2D eigenvalue weighted by molar-refractivity contribution is 5.80. The lowest BCUT2D eigenvalue weighted by molar-refractivity contribution is -0.149. The molecule has 0 aliphatic heterocycles. The third-order valence-corrected chi connectivity index (χ3v) is 2.65. The van der Waals surface area contributed by atoms with Crippen LogP contribution in [0.2, 0.25) is 0 Å². The molecule has 0 bridgehead atoms. The fourth-order valence-corrected chi connectivity index (χ4v) is 1.84. The first-order valence-electron chi connectivity index (χ1n) is 6.32. The quantitative estimate of drug-likeness (QED) is 0.635. The molecule has 0 saturated heterocycles. The summed E-state index contributed by atoms with van der Waals surface area (Å²) < 4.78 is 15.4. The number of nitrogens with one attached hydrogen (secondary N) is 1. The van der Waals surface area contributed by atoms with Gasteiger partial charge in [-0.3, -0.25) is 10.1 Å². The van der Waals surface area contributed by atoms with Crippen LogP contribution in [0.4, 0.5) is 0 Å². The summed E-state index contributed by atoms with van der Waals surface area (Å²) in [4.78, 5) is 11.8. The summed E-state index contributed by atoms with van der Waals surface area (Å²) in [5.41, 5.74) is -0.713. The highest BCUT2D eigenvalue weighted by atomic mass is 16.5. The van der Waals surface area contributed by atoms with Gasteiger partial charge in [-0.2, -0.15) is 0 Å². The molecule has 0 aliphatic rings. The van der Waals surface area contributed by atoms with Crippen molar-refractivity contribution in [2.75, 3.05) is 27.4 Å². The lowest BCUT2D eigenvalue weighted by Crippen LogP contribution is -2.53. The Hall–Kier alpha value is -0.650. The summed E-state index contributed by atoms with van der Waals surface area (Å²) in [6, 6.07) is 0.200. The number of rotatable bonds is 9. The molecule has 0 aliphatic carbocycles. The van der Waals surface area contributed by atoms with Crippen molar-refractivity contribution in [3.8, 4) is 0 Å². The summed E-state index contributed by atoms with van der Waals surface area (Å²) in [7, 11) is 3.04. The molecule has 2 atom stereocenters. The van der Waals surface area contributed by atoms with Crippen molar-refractivity contribution in [2.45, 2.75) is 51.8 Å². The minimum atomic E-state index is -0.713. The van der Waals surface area contributed by atoms with Crippen molar-refractivity contribution < 1.29 is 19.0 Å². The van der Waals surface area contributed by atoms with Gasteiger partial charge >= 0.3 is 5.97 Å². The molecule has 0 aromatic rings. The molecular formula is C13H27NO4. The van der Waals surface area contributed by atoms with Crippen LogP contribution in [0.25, 0.3) is 0 Å². The van der Waals surface area contributed by atoms with Gasteiger partial charge in [-0.05, 0) is 34.1 Å². The molecule has 0 aromatic carbocycles. The molecule has 108 valence electrons. The van der Waals surface area contributed by atoms with E-state index in [4.69, 9.17) is 14.2 Å². The normalized spacial score (nSPS) is 16.4. The van der Waals surface area contributed by atoms with Crippen molar-refractivity contribution in [2.24, 2.45) is 0 Å². The van der Waals surface area contributed by atoms with Crippen LogP contribution in [0.1, 0.15) is 34.1 Å². The van der Waals surface area contributed by atoms with Crippen LogP contribution >= 0.6 is 0 Å². The predicted molar refractivity (Wildman–Crippen MR) is 70.6 cm³/mol. The molecule has 0 rings (SSSR count). The van der Waals surface area contributed by atoms with Crippen LogP contribution < -0.4 is 5.32 Å².